The number of carbonyl (C=O) groups excluding carboxylic acids is 1. The fraction of sp³-hybridized carbons (Fsp3) is 0.800. The maximum absolute atomic E-state index is 10.3. The maximum atomic E-state index is 10.3. The molecule has 0 saturated carbocycles. The largest absolute Gasteiger partial charge is 0.390 e. The summed E-state index contributed by atoms with van der Waals surface area (Å²) in [5.74, 6) is -0.759. The Bertz CT molecular complexity index is 99.1. The molecule has 0 aliphatic rings. The Morgan fingerprint density at radius 2 is 2.00 bits per heavy atom. The molecule has 4 nitrogen and oxygen atoms in total. The Hall–Kier alpha value is -0.450. The van der Waals surface area contributed by atoms with E-state index in [9.17, 15) is 4.79 Å². The minimum atomic E-state index is -1.45. The smallest absolute Gasteiger partial charge is 0.189 e. The topological polar surface area (TPSA) is 77.8 Å². The number of rotatable bonds is 3. The third-order valence-electron chi connectivity index (χ3n) is 0.943. The molecular weight excluding hydrogens is 124 g/mol. The van der Waals surface area contributed by atoms with Gasteiger partial charge in [0, 0.05) is 0 Å². The summed E-state index contributed by atoms with van der Waals surface area (Å²) in [4.78, 5) is 10.3. The highest BCUT2D eigenvalue weighted by molar-refractivity contribution is 5.84. The van der Waals surface area contributed by atoms with Crippen molar-refractivity contribution in [3.63, 3.8) is 0 Å². The van der Waals surface area contributed by atoms with E-state index in [2.05, 4.69) is 0 Å². The van der Waals surface area contributed by atoms with Crippen LogP contribution in [0.1, 0.15) is 6.92 Å². The van der Waals surface area contributed by atoms with E-state index in [4.69, 9.17) is 15.3 Å². The van der Waals surface area contributed by atoms with E-state index in [0.717, 1.165) is 0 Å². The van der Waals surface area contributed by atoms with Gasteiger partial charge in [-0.15, -0.1) is 0 Å². The van der Waals surface area contributed by atoms with Gasteiger partial charge in [-0.1, -0.05) is 0 Å². The Morgan fingerprint density at radius 3 is 2.11 bits per heavy atom. The van der Waals surface area contributed by atoms with E-state index in [0.29, 0.717) is 0 Å². The van der Waals surface area contributed by atoms with Gasteiger partial charge in [0.25, 0.3) is 0 Å². The highest BCUT2D eigenvalue weighted by Gasteiger charge is 2.18. The van der Waals surface area contributed by atoms with Crippen molar-refractivity contribution in [2.75, 3.05) is 6.61 Å². The predicted octanol–water partition coefficient (Wildman–Crippen LogP) is -1.71. The van der Waals surface area contributed by atoms with Crippen molar-refractivity contribution in [1.29, 1.82) is 0 Å². The van der Waals surface area contributed by atoms with Crippen LogP contribution in [0.25, 0.3) is 0 Å². The van der Waals surface area contributed by atoms with Crippen molar-refractivity contribution >= 4 is 5.78 Å². The maximum Gasteiger partial charge on any atom is 0.189 e. The number of ketones is 1. The molecule has 9 heavy (non-hydrogen) atoms. The summed E-state index contributed by atoms with van der Waals surface area (Å²) in [7, 11) is 0. The summed E-state index contributed by atoms with van der Waals surface area (Å²) in [6, 6.07) is 0. The van der Waals surface area contributed by atoms with Crippen molar-refractivity contribution in [2.24, 2.45) is 0 Å². The number of aliphatic hydroxyl groups excluding tert-OH is 3. The molecule has 4 heteroatoms. The molecule has 0 amide bonds. The first kappa shape index (κ1) is 8.55. The summed E-state index contributed by atoms with van der Waals surface area (Å²) in [5.41, 5.74) is 0. The summed E-state index contributed by atoms with van der Waals surface area (Å²) >= 11 is 0. The highest BCUT2D eigenvalue weighted by atomic mass is 16.3. The predicted molar refractivity (Wildman–Crippen MR) is 29.8 cm³/mol. The third-order valence-corrected chi connectivity index (χ3v) is 0.943. The van der Waals surface area contributed by atoms with Crippen molar-refractivity contribution < 1.29 is 20.1 Å². The number of Topliss-reactive ketones (excluding diaryl/α,β-unsaturated/α-hetero) is 1. The second kappa shape index (κ2) is 3.55. The van der Waals surface area contributed by atoms with Gasteiger partial charge in [0.2, 0.25) is 0 Å². The van der Waals surface area contributed by atoms with Crippen molar-refractivity contribution in [2.45, 2.75) is 19.1 Å². The monoisotopic (exact) mass is 134 g/mol. The molecule has 0 bridgehead atoms. The van der Waals surface area contributed by atoms with Crippen LogP contribution in [0.2, 0.25) is 0 Å². The van der Waals surface area contributed by atoms with Crippen molar-refractivity contribution in [1.82, 2.24) is 0 Å². The molecule has 3 N–H and O–H groups in total. The number of carbonyl (C=O) groups is 1. The van der Waals surface area contributed by atoms with E-state index in [1.165, 1.54) is 6.92 Å². The molecule has 0 aromatic carbocycles. The lowest BCUT2D eigenvalue weighted by Crippen LogP contribution is -2.33. The van der Waals surface area contributed by atoms with Gasteiger partial charge >= 0.3 is 0 Å². The van der Waals surface area contributed by atoms with E-state index < -0.39 is 24.6 Å². The van der Waals surface area contributed by atoms with E-state index in [1.807, 2.05) is 0 Å². The minimum absolute atomic E-state index is 0.730. The molecule has 0 fully saturated rings. The summed E-state index contributed by atoms with van der Waals surface area (Å²) in [6.07, 6.45) is -2.56. The van der Waals surface area contributed by atoms with Crippen LogP contribution in [0.3, 0.4) is 0 Å². The molecule has 0 radical (unpaired) electrons. The quantitative estimate of drug-likeness (QED) is 0.429. The normalized spacial score (nSPS) is 16.9. The van der Waals surface area contributed by atoms with Crippen LogP contribution < -0.4 is 0 Å². The van der Waals surface area contributed by atoms with Crippen LogP contribution in [0.15, 0.2) is 0 Å². The van der Waals surface area contributed by atoms with Gasteiger partial charge in [0.15, 0.2) is 5.78 Å². The van der Waals surface area contributed by atoms with Gasteiger partial charge < -0.3 is 15.3 Å². The first-order valence-corrected chi connectivity index (χ1v) is 2.59. The highest BCUT2D eigenvalue weighted by Crippen LogP contribution is 1.91. The Morgan fingerprint density at radius 1 is 1.56 bits per heavy atom. The molecular formula is C5H10O4. The van der Waals surface area contributed by atoms with Crippen LogP contribution in [0.5, 0.6) is 0 Å². The molecule has 0 aromatic rings. The Balaban J connectivity index is 3.72. The molecule has 0 rings (SSSR count). The Kier molecular flexibility index (Phi) is 3.37. The molecule has 0 aliphatic carbocycles. The zero-order valence-electron chi connectivity index (χ0n) is 5.11. The first-order valence-electron chi connectivity index (χ1n) is 2.59. The van der Waals surface area contributed by atoms with Crippen molar-refractivity contribution in [3.05, 3.63) is 0 Å². The lowest BCUT2D eigenvalue weighted by atomic mass is 10.1. The molecule has 0 saturated heterocycles. The minimum Gasteiger partial charge on any atom is -0.390 e. The Labute approximate surface area is 52.7 Å². The summed E-state index contributed by atoms with van der Waals surface area (Å²) < 4.78 is 0. The summed E-state index contributed by atoms with van der Waals surface area (Å²) in [5, 5.41) is 25.3. The molecule has 0 unspecified atom stereocenters. The molecule has 0 heterocycles. The average Bonchev–Trinajstić information content (AvgIpc) is 1.84. The van der Waals surface area contributed by atoms with E-state index in [-0.39, 0.29) is 0 Å². The number of aliphatic hydroxyl groups is 3. The fourth-order valence-electron chi connectivity index (χ4n) is 0.363. The molecule has 0 spiro atoms. The van der Waals surface area contributed by atoms with Crippen LogP contribution in [-0.4, -0.2) is 39.9 Å². The second-order valence-corrected chi connectivity index (χ2v) is 1.81. The summed E-state index contributed by atoms with van der Waals surface area (Å²) in [6.45, 7) is 0.546. The lowest BCUT2D eigenvalue weighted by molar-refractivity contribution is -0.134. The van der Waals surface area contributed by atoms with Gasteiger partial charge in [-0.2, -0.15) is 0 Å². The van der Waals surface area contributed by atoms with Crippen LogP contribution >= 0.6 is 0 Å². The van der Waals surface area contributed by atoms with Crippen LogP contribution in [0, 0.1) is 0 Å². The zero-order chi connectivity index (χ0) is 7.44. The van der Waals surface area contributed by atoms with Gasteiger partial charge in [-0.3, -0.25) is 4.79 Å². The van der Waals surface area contributed by atoms with Crippen LogP contribution in [-0.2, 0) is 4.79 Å². The second-order valence-electron chi connectivity index (χ2n) is 1.81. The standard InChI is InChI=1S/C5H10O4/c1-3(7)5(9)4(8)2-6/h3,5-7,9H,2H2,1H3/t3-,5+/m0/s1. The van der Waals surface area contributed by atoms with Gasteiger partial charge in [0.05, 0.1) is 6.10 Å². The zero-order valence-corrected chi connectivity index (χ0v) is 5.11. The number of hydrogen-bond acceptors (Lipinski definition) is 4. The van der Waals surface area contributed by atoms with Gasteiger partial charge in [-0.05, 0) is 6.92 Å². The SMILES string of the molecule is C[C@H](O)[C@@H](O)C(=O)CO. The van der Waals surface area contributed by atoms with Crippen LogP contribution in [0.4, 0.5) is 0 Å². The van der Waals surface area contributed by atoms with Gasteiger partial charge in [-0.25, -0.2) is 0 Å². The lowest BCUT2D eigenvalue weighted by Gasteiger charge is -2.09. The average molecular weight is 134 g/mol. The first-order chi connectivity index (χ1) is 4.09. The molecule has 54 valence electrons. The van der Waals surface area contributed by atoms with E-state index >= 15 is 0 Å². The fourth-order valence-corrected chi connectivity index (χ4v) is 0.363. The number of hydrogen-bond donors (Lipinski definition) is 3. The van der Waals surface area contributed by atoms with E-state index in [1.54, 1.807) is 0 Å². The molecule has 0 aliphatic heterocycles. The third kappa shape index (κ3) is 2.55. The molecule has 2 atom stereocenters. The van der Waals surface area contributed by atoms with Crippen molar-refractivity contribution in [3.8, 4) is 0 Å². The molecule has 0 aromatic heterocycles. The van der Waals surface area contributed by atoms with Gasteiger partial charge in [0.1, 0.15) is 12.7 Å².